The van der Waals surface area contributed by atoms with Gasteiger partial charge < -0.3 is 5.73 Å². The van der Waals surface area contributed by atoms with Crippen LogP contribution in [0.15, 0.2) is 36.5 Å². The van der Waals surface area contributed by atoms with Crippen molar-refractivity contribution in [1.29, 1.82) is 5.41 Å². The van der Waals surface area contributed by atoms with E-state index in [9.17, 15) is 0 Å². The van der Waals surface area contributed by atoms with Crippen LogP contribution in [0.1, 0.15) is 29.6 Å². The number of nitrogens with one attached hydrogen (secondary N) is 1. The molecule has 0 radical (unpaired) electrons. The molecule has 5 nitrogen and oxygen atoms in total. The van der Waals surface area contributed by atoms with Crippen LogP contribution in [0.3, 0.4) is 0 Å². The van der Waals surface area contributed by atoms with Crippen LogP contribution < -0.4 is 5.73 Å². The fourth-order valence-corrected chi connectivity index (χ4v) is 2.25. The summed E-state index contributed by atoms with van der Waals surface area (Å²) in [4.78, 5) is 11.0. The highest BCUT2D eigenvalue weighted by atomic mass is 15.1. The summed E-state index contributed by atoms with van der Waals surface area (Å²) in [5.74, 6) is 0.00957. The third-order valence-electron chi connectivity index (χ3n) is 3.32. The van der Waals surface area contributed by atoms with Gasteiger partial charge >= 0.3 is 0 Å². The fourth-order valence-electron chi connectivity index (χ4n) is 2.25. The van der Waals surface area contributed by atoms with Gasteiger partial charge in [0.1, 0.15) is 11.5 Å². The van der Waals surface area contributed by atoms with Gasteiger partial charge in [-0.1, -0.05) is 19.1 Å². The van der Waals surface area contributed by atoms with Gasteiger partial charge in [-0.05, 0) is 37.2 Å². The van der Waals surface area contributed by atoms with Gasteiger partial charge in [0.15, 0.2) is 0 Å². The van der Waals surface area contributed by atoms with E-state index in [0.29, 0.717) is 12.2 Å². The Balaban J connectivity index is 2.14. The van der Waals surface area contributed by atoms with E-state index in [1.807, 2.05) is 37.3 Å². The minimum Gasteiger partial charge on any atom is -0.382 e. The van der Waals surface area contributed by atoms with Gasteiger partial charge in [0.05, 0.1) is 5.69 Å². The van der Waals surface area contributed by atoms with E-state index in [2.05, 4.69) is 21.8 Å². The summed E-state index contributed by atoms with van der Waals surface area (Å²) in [6, 6.07) is 9.90. The molecule has 0 spiro atoms. The van der Waals surface area contributed by atoms with E-state index in [1.54, 1.807) is 6.20 Å². The van der Waals surface area contributed by atoms with Crippen LogP contribution in [-0.2, 0) is 13.1 Å². The van der Waals surface area contributed by atoms with Crippen molar-refractivity contribution in [2.75, 3.05) is 6.54 Å². The summed E-state index contributed by atoms with van der Waals surface area (Å²) in [5.41, 5.74) is 9.20. The van der Waals surface area contributed by atoms with Crippen molar-refractivity contribution in [3.8, 4) is 0 Å². The molecule has 2 aromatic rings. The molecule has 0 saturated carbocycles. The number of nitrogen functional groups attached to an aromatic ring is 1. The number of aromatic nitrogens is 2. The summed E-state index contributed by atoms with van der Waals surface area (Å²) < 4.78 is 0. The number of hydrogen-bond donors (Lipinski definition) is 2. The molecule has 0 aliphatic rings. The van der Waals surface area contributed by atoms with Crippen LogP contribution in [-0.4, -0.2) is 27.2 Å². The monoisotopic (exact) mass is 283 g/mol. The van der Waals surface area contributed by atoms with Crippen molar-refractivity contribution in [2.24, 2.45) is 5.73 Å². The molecule has 0 fully saturated rings. The minimum atomic E-state index is 0.00957. The normalized spacial score (nSPS) is 10.8. The second-order valence-corrected chi connectivity index (χ2v) is 5.00. The summed E-state index contributed by atoms with van der Waals surface area (Å²) >= 11 is 0. The molecule has 0 aromatic carbocycles. The van der Waals surface area contributed by atoms with E-state index in [4.69, 9.17) is 11.1 Å². The molecule has 0 aliphatic heterocycles. The molecule has 2 aromatic heterocycles. The Morgan fingerprint density at radius 1 is 1.24 bits per heavy atom. The minimum absolute atomic E-state index is 0.00957. The summed E-state index contributed by atoms with van der Waals surface area (Å²) in [6.45, 7) is 6.47. The lowest BCUT2D eigenvalue weighted by Crippen LogP contribution is -2.25. The molecule has 0 saturated heterocycles. The van der Waals surface area contributed by atoms with Crippen molar-refractivity contribution in [1.82, 2.24) is 14.9 Å². The van der Waals surface area contributed by atoms with Crippen molar-refractivity contribution < 1.29 is 0 Å². The van der Waals surface area contributed by atoms with Crippen LogP contribution in [0, 0.1) is 12.3 Å². The molecule has 5 heteroatoms. The molecular formula is C16H21N5. The maximum atomic E-state index is 7.61. The molecule has 2 heterocycles. The van der Waals surface area contributed by atoms with Crippen LogP contribution in [0.25, 0.3) is 0 Å². The lowest BCUT2D eigenvalue weighted by Gasteiger charge is -2.21. The Labute approximate surface area is 125 Å². The second kappa shape index (κ2) is 6.95. The number of rotatable bonds is 6. The number of nitrogens with two attached hydrogens (primary N) is 1. The zero-order chi connectivity index (χ0) is 15.2. The lowest BCUT2D eigenvalue weighted by molar-refractivity contribution is 0.267. The molecule has 0 atom stereocenters. The van der Waals surface area contributed by atoms with Gasteiger partial charge in [-0.15, -0.1) is 0 Å². The molecule has 0 unspecified atom stereocenters. The Bertz CT molecular complexity index is 624. The number of amidine groups is 1. The molecule has 21 heavy (non-hydrogen) atoms. The maximum absolute atomic E-state index is 7.61. The van der Waals surface area contributed by atoms with Crippen LogP contribution >= 0.6 is 0 Å². The smallest absolute Gasteiger partial charge is 0.142 e. The largest absolute Gasteiger partial charge is 0.382 e. The first kappa shape index (κ1) is 15.1. The first-order chi connectivity index (χ1) is 10.1. The van der Waals surface area contributed by atoms with Gasteiger partial charge in [0, 0.05) is 25.0 Å². The number of nitrogens with zero attached hydrogens (tertiary/aromatic N) is 3. The van der Waals surface area contributed by atoms with E-state index in [-0.39, 0.29) is 5.84 Å². The quantitative estimate of drug-likeness (QED) is 0.628. The molecule has 3 N–H and O–H groups in total. The first-order valence-electron chi connectivity index (χ1n) is 7.03. The van der Waals surface area contributed by atoms with Crippen LogP contribution in [0.5, 0.6) is 0 Å². The lowest BCUT2D eigenvalue weighted by atomic mass is 10.1. The topological polar surface area (TPSA) is 78.9 Å². The summed E-state index contributed by atoms with van der Waals surface area (Å²) in [6.07, 6.45) is 1.67. The average molecular weight is 283 g/mol. The van der Waals surface area contributed by atoms with Gasteiger partial charge in [0.25, 0.3) is 0 Å². The zero-order valence-corrected chi connectivity index (χ0v) is 12.5. The van der Waals surface area contributed by atoms with E-state index >= 15 is 0 Å². The highest BCUT2D eigenvalue weighted by molar-refractivity contribution is 5.94. The molecule has 110 valence electrons. The molecular weight excluding hydrogens is 262 g/mol. The van der Waals surface area contributed by atoms with Crippen molar-refractivity contribution in [3.05, 3.63) is 59.2 Å². The number of pyridine rings is 2. The predicted molar refractivity (Wildman–Crippen MR) is 84.0 cm³/mol. The van der Waals surface area contributed by atoms with E-state index < -0.39 is 0 Å². The Hall–Kier alpha value is -2.27. The molecule has 0 bridgehead atoms. The fraction of sp³-hybridized carbons (Fsp3) is 0.312. The van der Waals surface area contributed by atoms with Gasteiger partial charge in [-0.3, -0.25) is 20.3 Å². The first-order valence-corrected chi connectivity index (χ1v) is 7.03. The van der Waals surface area contributed by atoms with Gasteiger partial charge in [-0.25, -0.2) is 0 Å². The van der Waals surface area contributed by atoms with Crippen molar-refractivity contribution >= 4 is 5.84 Å². The number of hydrogen-bond acceptors (Lipinski definition) is 4. The third-order valence-corrected chi connectivity index (χ3v) is 3.32. The van der Waals surface area contributed by atoms with Gasteiger partial charge in [0.2, 0.25) is 0 Å². The van der Waals surface area contributed by atoms with E-state index in [1.165, 1.54) is 0 Å². The van der Waals surface area contributed by atoms with E-state index in [0.717, 1.165) is 30.0 Å². The van der Waals surface area contributed by atoms with Crippen molar-refractivity contribution in [2.45, 2.75) is 26.9 Å². The summed E-state index contributed by atoms with van der Waals surface area (Å²) in [5, 5.41) is 7.61. The Morgan fingerprint density at radius 3 is 2.71 bits per heavy atom. The SMILES string of the molecule is CCN(Cc1cccc(C)n1)Cc1cccnc1C(=N)N. The standard InChI is InChI=1S/C16H21N5/c1-3-21(11-14-8-4-6-12(2)20-14)10-13-7-5-9-19-15(13)16(17)18/h4-9H,3,10-11H2,1-2H3,(H3,17,18). The highest BCUT2D eigenvalue weighted by Crippen LogP contribution is 2.11. The maximum Gasteiger partial charge on any atom is 0.142 e. The average Bonchev–Trinajstić information content (AvgIpc) is 2.47. The van der Waals surface area contributed by atoms with Crippen LogP contribution in [0.4, 0.5) is 0 Å². The van der Waals surface area contributed by atoms with Crippen molar-refractivity contribution in [3.63, 3.8) is 0 Å². The Kier molecular flexibility index (Phi) is 5.00. The predicted octanol–water partition coefficient (Wildman–Crippen LogP) is 2.09. The molecule has 0 aliphatic carbocycles. The third kappa shape index (κ3) is 4.10. The zero-order valence-electron chi connectivity index (χ0n) is 12.5. The highest BCUT2D eigenvalue weighted by Gasteiger charge is 2.11. The summed E-state index contributed by atoms with van der Waals surface area (Å²) in [7, 11) is 0. The Morgan fingerprint density at radius 2 is 2.05 bits per heavy atom. The molecule has 0 amide bonds. The number of aryl methyl sites for hydroxylation is 1. The molecule has 2 rings (SSSR count). The second-order valence-electron chi connectivity index (χ2n) is 5.00. The van der Waals surface area contributed by atoms with Crippen LogP contribution in [0.2, 0.25) is 0 Å². The van der Waals surface area contributed by atoms with Gasteiger partial charge in [-0.2, -0.15) is 0 Å².